The number of H-pyrrole nitrogens is 1. The molecule has 0 aliphatic carbocycles. The van der Waals surface area contributed by atoms with Gasteiger partial charge in [-0.25, -0.2) is 4.98 Å². The molecule has 1 aliphatic rings. The first-order chi connectivity index (χ1) is 12.7. The van der Waals surface area contributed by atoms with E-state index in [1.165, 1.54) is 11.8 Å². The van der Waals surface area contributed by atoms with Gasteiger partial charge in [0.05, 0.1) is 16.6 Å². The van der Waals surface area contributed by atoms with Crippen LogP contribution in [0.25, 0.3) is 10.9 Å². The fourth-order valence-electron chi connectivity index (χ4n) is 3.78. The van der Waals surface area contributed by atoms with E-state index in [4.69, 9.17) is 0 Å². The number of aromatic amines is 1. The number of carbonyl (C=O) groups excluding carboxylic acids is 1. The van der Waals surface area contributed by atoms with Crippen LogP contribution in [0.4, 0.5) is 0 Å². The van der Waals surface area contributed by atoms with Crippen LogP contribution in [0.15, 0.2) is 42.6 Å². The molecular weight excluding hydrogens is 328 g/mol. The highest BCUT2D eigenvalue weighted by molar-refractivity contribution is 5.86. The highest BCUT2D eigenvalue weighted by atomic mass is 16.3. The van der Waals surface area contributed by atoms with E-state index in [0.29, 0.717) is 29.8 Å². The zero-order valence-electron chi connectivity index (χ0n) is 14.6. The van der Waals surface area contributed by atoms with Gasteiger partial charge in [0.2, 0.25) is 11.8 Å². The summed E-state index contributed by atoms with van der Waals surface area (Å²) in [6.45, 7) is 1.59. The van der Waals surface area contributed by atoms with Crippen LogP contribution in [0.2, 0.25) is 0 Å². The number of nitrogens with one attached hydrogen (secondary N) is 1. The number of benzene rings is 1. The van der Waals surface area contributed by atoms with Crippen LogP contribution in [-0.2, 0) is 11.2 Å². The van der Waals surface area contributed by atoms with Gasteiger partial charge in [-0.2, -0.15) is 5.10 Å². The van der Waals surface area contributed by atoms with Crippen molar-refractivity contribution in [3.63, 3.8) is 0 Å². The van der Waals surface area contributed by atoms with Crippen LogP contribution in [0.5, 0.6) is 5.88 Å². The maximum atomic E-state index is 12.7. The van der Waals surface area contributed by atoms with Gasteiger partial charge in [-0.1, -0.05) is 30.3 Å². The van der Waals surface area contributed by atoms with E-state index < -0.39 is 0 Å². The van der Waals surface area contributed by atoms with E-state index in [0.717, 1.165) is 31.4 Å². The topological polar surface area (TPSA) is 82.1 Å². The number of likely N-dealkylation sites (tertiary alicyclic amines) is 1. The van der Waals surface area contributed by atoms with E-state index in [1.807, 2.05) is 11.0 Å². The van der Waals surface area contributed by atoms with E-state index in [1.54, 1.807) is 6.07 Å². The Labute approximate surface area is 151 Å². The van der Waals surface area contributed by atoms with Gasteiger partial charge in [0, 0.05) is 38.0 Å². The first-order valence-electron chi connectivity index (χ1n) is 9.06. The minimum atomic E-state index is -0.0409. The van der Waals surface area contributed by atoms with Crippen molar-refractivity contribution >= 4 is 16.8 Å². The average molecular weight is 350 g/mol. The Morgan fingerprint density at radius 3 is 2.96 bits per heavy atom. The molecule has 1 atom stereocenters. The molecule has 26 heavy (non-hydrogen) atoms. The van der Waals surface area contributed by atoms with Crippen LogP contribution >= 0.6 is 0 Å². The molecule has 6 nitrogen and oxygen atoms in total. The Kier molecular flexibility index (Phi) is 4.56. The van der Waals surface area contributed by atoms with Gasteiger partial charge in [0.25, 0.3) is 0 Å². The normalized spacial score (nSPS) is 17.5. The first-order valence-corrected chi connectivity index (χ1v) is 9.06. The Balaban J connectivity index is 1.41. The molecule has 3 aromatic rings. The standard InChI is InChI=1S/C20H22N4O2/c25-18(9-8-16-19-17(23-22-16)10-11-21-20(19)26)24-12-4-7-15(13-24)14-5-2-1-3-6-14/h1-3,5-6,10-11,15H,4,7-9,12-13H2,(H,21,26)(H,22,23). The van der Waals surface area contributed by atoms with Crippen molar-refractivity contribution in [2.75, 3.05) is 13.1 Å². The van der Waals surface area contributed by atoms with Crippen LogP contribution in [0, 0.1) is 0 Å². The fourth-order valence-corrected chi connectivity index (χ4v) is 3.78. The molecule has 1 aliphatic heterocycles. The molecule has 1 unspecified atom stereocenters. The SMILES string of the molecule is O=C(CCc1n[nH]c2ccnc(O)c12)N1CCCC(c2ccccc2)C1. The van der Waals surface area contributed by atoms with Crippen molar-refractivity contribution < 1.29 is 9.90 Å². The number of aryl methyl sites for hydroxylation is 1. The number of hydrogen-bond donors (Lipinski definition) is 2. The summed E-state index contributed by atoms with van der Waals surface area (Å²) in [7, 11) is 0. The molecule has 1 fully saturated rings. The number of amides is 1. The molecule has 4 rings (SSSR count). The number of carbonyl (C=O) groups is 1. The summed E-state index contributed by atoms with van der Waals surface area (Å²) in [5.74, 6) is 0.513. The Morgan fingerprint density at radius 2 is 2.12 bits per heavy atom. The second kappa shape index (κ2) is 7.15. The molecule has 2 N–H and O–H groups in total. The molecule has 1 saturated heterocycles. The highest BCUT2D eigenvalue weighted by Crippen LogP contribution is 2.28. The number of aromatic hydroxyl groups is 1. The smallest absolute Gasteiger partial charge is 0.222 e. The van der Waals surface area contributed by atoms with E-state index in [9.17, 15) is 9.90 Å². The maximum Gasteiger partial charge on any atom is 0.222 e. The molecule has 2 aromatic heterocycles. The van der Waals surface area contributed by atoms with Crippen molar-refractivity contribution in [3.05, 3.63) is 53.9 Å². The molecule has 1 amide bonds. The molecule has 6 heteroatoms. The molecule has 0 radical (unpaired) electrons. The summed E-state index contributed by atoms with van der Waals surface area (Å²) in [5.41, 5.74) is 2.73. The Bertz CT molecular complexity index is 907. The van der Waals surface area contributed by atoms with Gasteiger partial charge >= 0.3 is 0 Å². The van der Waals surface area contributed by atoms with E-state index in [-0.39, 0.29) is 11.8 Å². The van der Waals surface area contributed by atoms with Gasteiger partial charge in [0.1, 0.15) is 0 Å². The lowest BCUT2D eigenvalue weighted by atomic mass is 9.90. The Hall–Kier alpha value is -2.89. The zero-order chi connectivity index (χ0) is 17.9. The molecule has 0 bridgehead atoms. The van der Waals surface area contributed by atoms with Gasteiger partial charge in [-0.15, -0.1) is 0 Å². The summed E-state index contributed by atoms with van der Waals surface area (Å²) < 4.78 is 0. The van der Waals surface area contributed by atoms with Crippen molar-refractivity contribution in [3.8, 4) is 5.88 Å². The Morgan fingerprint density at radius 1 is 1.27 bits per heavy atom. The average Bonchev–Trinajstić information content (AvgIpc) is 3.11. The third-order valence-corrected chi connectivity index (χ3v) is 5.15. The van der Waals surface area contributed by atoms with Gasteiger partial charge in [-0.3, -0.25) is 9.89 Å². The highest BCUT2D eigenvalue weighted by Gasteiger charge is 2.24. The summed E-state index contributed by atoms with van der Waals surface area (Å²) in [4.78, 5) is 18.6. The molecule has 0 saturated carbocycles. The third kappa shape index (κ3) is 3.27. The molecule has 0 spiro atoms. The van der Waals surface area contributed by atoms with E-state index >= 15 is 0 Å². The maximum absolute atomic E-state index is 12.7. The number of nitrogens with zero attached hydrogens (tertiary/aromatic N) is 3. The second-order valence-corrected chi connectivity index (χ2v) is 6.82. The summed E-state index contributed by atoms with van der Waals surface area (Å²) in [6.07, 6.45) is 4.56. The number of piperidine rings is 1. The zero-order valence-corrected chi connectivity index (χ0v) is 14.6. The van der Waals surface area contributed by atoms with Crippen LogP contribution < -0.4 is 0 Å². The predicted octanol–water partition coefficient (Wildman–Crippen LogP) is 3.00. The lowest BCUT2D eigenvalue weighted by Gasteiger charge is -2.33. The predicted molar refractivity (Wildman–Crippen MR) is 98.9 cm³/mol. The van der Waals surface area contributed by atoms with Crippen LogP contribution in [-0.4, -0.2) is 44.2 Å². The third-order valence-electron chi connectivity index (χ3n) is 5.15. The fraction of sp³-hybridized carbons (Fsp3) is 0.350. The quantitative estimate of drug-likeness (QED) is 0.758. The second-order valence-electron chi connectivity index (χ2n) is 6.82. The van der Waals surface area contributed by atoms with Gasteiger partial charge < -0.3 is 10.0 Å². The van der Waals surface area contributed by atoms with Crippen molar-refractivity contribution in [2.24, 2.45) is 0 Å². The summed E-state index contributed by atoms with van der Waals surface area (Å²) in [6, 6.07) is 12.2. The number of aromatic nitrogens is 3. The molecule has 3 heterocycles. The molecule has 1 aromatic carbocycles. The lowest BCUT2D eigenvalue weighted by Crippen LogP contribution is -2.39. The summed E-state index contributed by atoms with van der Waals surface area (Å²) >= 11 is 0. The first kappa shape index (κ1) is 16.6. The van der Waals surface area contributed by atoms with E-state index in [2.05, 4.69) is 39.4 Å². The minimum absolute atomic E-state index is 0.0409. The van der Waals surface area contributed by atoms with Crippen molar-refractivity contribution in [1.29, 1.82) is 0 Å². The molecular formula is C20H22N4O2. The number of rotatable bonds is 4. The van der Waals surface area contributed by atoms with Crippen molar-refractivity contribution in [2.45, 2.75) is 31.6 Å². The van der Waals surface area contributed by atoms with Gasteiger partial charge in [-0.05, 0) is 24.5 Å². The van der Waals surface area contributed by atoms with Crippen LogP contribution in [0.3, 0.4) is 0 Å². The number of fused-ring (bicyclic) bond motifs is 1. The minimum Gasteiger partial charge on any atom is -0.493 e. The van der Waals surface area contributed by atoms with Crippen LogP contribution in [0.1, 0.15) is 36.4 Å². The van der Waals surface area contributed by atoms with Crippen molar-refractivity contribution in [1.82, 2.24) is 20.1 Å². The number of hydrogen-bond acceptors (Lipinski definition) is 4. The number of pyridine rings is 1. The summed E-state index contributed by atoms with van der Waals surface area (Å²) in [5, 5.41) is 17.7. The monoisotopic (exact) mass is 350 g/mol. The van der Waals surface area contributed by atoms with Gasteiger partial charge in [0.15, 0.2) is 0 Å². The lowest BCUT2D eigenvalue weighted by molar-refractivity contribution is -0.132. The molecule has 134 valence electrons. The largest absolute Gasteiger partial charge is 0.493 e.